The third-order valence-electron chi connectivity index (χ3n) is 2.58. The molecule has 2 rings (SSSR count). The van der Waals surface area contributed by atoms with Crippen LogP contribution >= 0.6 is 23.2 Å². The number of aromatic amines is 1. The highest BCUT2D eigenvalue weighted by Crippen LogP contribution is 2.26. The van der Waals surface area contributed by atoms with Crippen LogP contribution in [0.3, 0.4) is 0 Å². The molecule has 0 saturated heterocycles. The summed E-state index contributed by atoms with van der Waals surface area (Å²) in [6.07, 6.45) is 3.46. The molecule has 5 heteroatoms. The lowest BCUT2D eigenvalue weighted by Gasteiger charge is -2.15. The zero-order valence-electron chi connectivity index (χ0n) is 9.37. The summed E-state index contributed by atoms with van der Waals surface area (Å²) >= 11 is 12.0. The summed E-state index contributed by atoms with van der Waals surface area (Å²) in [6.45, 7) is 2.78. The van der Waals surface area contributed by atoms with E-state index in [9.17, 15) is 0 Å². The smallest absolute Gasteiger partial charge is 0.0922 e. The first-order chi connectivity index (χ1) is 8.16. The number of rotatable bonds is 4. The number of halogens is 2. The van der Waals surface area contributed by atoms with Crippen LogP contribution < -0.4 is 5.32 Å². The predicted octanol–water partition coefficient (Wildman–Crippen LogP) is 3.57. The Morgan fingerprint density at radius 3 is 2.88 bits per heavy atom. The van der Waals surface area contributed by atoms with Crippen LogP contribution in [0.25, 0.3) is 0 Å². The molecule has 0 aliphatic carbocycles. The number of hydrogen-bond acceptors (Lipinski definition) is 2. The van der Waals surface area contributed by atoms with E-state index >= 15 is 0 Å². The first-order valence-corrected chi connectivity index (χ1v) is 6.08. The number of aromatic nitrogens is 2. The minimum Gasteiger partial charge on any atom is -0.347 e. The normalized spacial score (nSPS) is 12.6. The number of imidazole rings is 1. The van der Waals surface area contributed by atoms with Gasteiger partial charge in [-0.25, -0.2) is 4.98 Å². The summed E-state index contributed by atoms with van der Waals surface area (Å²) in [4.78, 5) is 7.00. The molecule has 0 amide bonds. The van der Waals surface area contributed by atoms with Crippen molar-refractivity contribution in [1.82, 2.24) is 15.3 Å². The van der Waals surface area contributed by atoms with Crippen molar-refractivity contribution in [1.29, 1.82) is 0 Å². The molecule has 3 nitrogen and oxygen atoms in total. The lowest BCUT2D eigenvalue weighted by molar-refractivity contribution is 0.569. The molecule has 0 bridgehead atoms. The van der Waals surface area contributed by atoms with Gasteiger partial charge in [-0.15, -0.1) is 0 Å². The van der Waals surface area contributed by atoms with E-state index in [1.165, 1.54) is 0 Å². The van der Waals surface area contributed by atoms with E-state index < -0.39 is 0 Å². The average molecular weight is 270 g/mol. The third-order valence-corrected chi connectivity index (χ3v) is 3.14. The number of H-pyrrole nitrogens is 1. The molecule has 0 aliphatic heterocycles. The molecule has 17 heavy (non-hydrogen) atoms. The molecular formula is C12H13Cl2N3. The van der Waals surface area contributed by atoms with E-state index in [1.54, 1.807) is 18.6 Å². The Balaban J connectivity index is 2.01. The van der Waals surface area contributed by atoms with Crippen molar-refractivity contribution in [3.05, 3.63) is 52.0 Å². The second-order valence-corrected chi connectivity index (χ2v) is 4.69. The number of hydrogen-bond donors (Lipinski definition) is 2. The van der Waals surface area contributed by atoms with Gasteiger partial charge in [0.25, 0.3) is 0 Å². The molecule has 0 spiro atoms. The minimum absolute atomic E-state index is 0.156. The van der Waals surface area contributed by atoms with Gasteiger partial charge in [-0.05, 0) is 24.6 Å². The lowest BCUT2D eigenvalue weighted by atomic mass is 10.1. The zero-order chi connectivity index (χ0) is 12.3. The number of nitrogens with one attached hydrogen (secondary N) is 2. The fraction of sp³-hybridized carbons (Fsp3) is 0.250. The third kappa shape index (κ3) is 3.22. The van der Waals surface area contributed by atoms with Gasteiger partial charge in [0.05, 0.1) is 6.33 Å². The average Bonchev–Trinajstić information content (AvgIpc) is 2.78. The van der Waals surface area contributed by atoms with Gasteiger partial charge in [0, 0.05) is 34.5 Å². The van der Waals surface area contributed by atoms with Gasteiger partial charge >= 0.3 is 0 Å². The van der Waals surface area contributed by atoms with E-state index in [1.807, 2.05) is 12.1 Å². The molecule has 2 aromatic rings. The zero-order valence-corrected chi connectivity index (χ0v) is 10.9. The number of benzene rings is 1. The first kappa shape index (κ1) is 12.4. The van der Waals surface area contributed by atoms with Crippen molar-refractivity contribution < 1.29 is 0 Å². The largest absolute Gasteiger partial charge is 0.347 e. The van der Waals surface area contributed by atoms with Crippen LogP contribution in [0.1, 0.15) is 24.2 Å². The van der Waals surface area contributed by atoms with Crippen LogP contribution in [0, 0.1) is 0 Å². The monoisotopic (exact) mass is 269 g/mol. The lowest BCUT2D eigenvalue weighted by Crippen LogP contribution is -2.18. The van der Waals surface area contributed by atoms with Crippen molar-refractivity contribution in [2.45, 2.75) is 19.5 Å². The minimum atomic E-state index is 0.156. The van der Waals surface area contributed by atoms with Crippen LogP contribution in [0.2, 0.25) is 10.0 Å². The molecule has 90 valence electrons. The highest BCUT2D eigenvalue weighted by molar-refractivity contribution is 6.35. The Bertz CT molecular complexity index is 483. The van der Waals surface area contributed by atoms with Crippen molar-refractivity contribution in [2.75, 3.05) is 0 Å². The van der Waals surface area contributed by atoms with Gasteiger partial charge in [-0.3, -0.25) is 0 Å². The van der Waals surface area contributed by atoms with Crippen molar-refractivity contribution in [2.24, 2.45) is 0 Å². The molecule has 0 aliphatic rings. The highest BCUT2D eigenvalue weighted by Gasteiger charge is 2.09. The maximum atomic E-state index is 6.14. The van der Waals surface area contributed by atoms with Crippen LogP contribution in [-0.4, -0.2) is 9.97 Å². The Kier molecular flexibility index (Phi) is 4.05. The summed E-state index contributed by atoms with van der Waals surface area (Å²) in [5, 5.41) is 4.70. The van der Waals surface area contributed by atoms with Gasteiger partial charge in [0.15, 0.2) is 0 Å². The summed E-state index contributed by atoms with van der Waals surface area (Å²) < 4.78 is 0. The Morgan fingerprint density at radius 1 is 1.41 bits per heavy atom. The van der Waals surface area contributed by atoms with Crippen LogP contribution in [0.15, 0.2) is 30.7 Å². The summed E-state index contributed by atoms with van der Waals surface area (Å²) in [7, 11) is 0. The molecule has 1 atom stereocenters. The van der Waals surface area contributed by atoms with Gasteiger partial charge in [-0.2, -0.15) is 0 Å². The Hall–Kier alpha value is -1.03. The summed E-state index contributed by atoms with van der Waals surface area (Å²) in [5.41, 5.74) is 2.08. The van der Waals surface area contributed by atoms with Crippen molar-refractivity contribution in [3.8, 4) is 0 Å². The SMILES string of the molecule is C[C@H](NCc1cnc[nH]1)c1ccc(Cl)cc1Cl. The topological polar surface area (TPSA) is 40.7 Å². The van der Waals surface area contributed by atoms with Gasteiger partial charge < -0.3 is 10.3 Å². The molecule has 1 heterocycles. The molecular weight excluding hydrogens is 257 g/mol. The maximum Gasteiger partial charge on any atom is 0.0922 e. The van der Waals surface area contributed by atoms with E-state index in [0.29, 0.717) is 10.0 Å². The van der Waals surface area contributed by atoms with E-state index in [4.69, 9.17) is 23.2 Å². The van der Waals surface area contributed by atoms with Crippen LogP contribution in [-0.2, 0) is 6.54 Å². The standard InChI is InChI=1S/C12H13Cl2N3/c1-8(16-6-10-5-15-7-17-10)11-3-2-9(13)4-12(11)14/h2-5,7-8,16H,6H2,1H3,(H,15,17)/t8-/m0/s1. The summed E-state index contributed by atoms with van der Waals surface area (Å²) in [6, 6.07) is 5.70. The quantitative estimate of drug-likeness (QED) is 0.891. The van der Waals surface area contributed by atoms with Gasteiger partial charge in [0.2, 0.25) is 0 Å². The molecule has 0 radical (unpaired) electrons. The highest BCUT2D eigenvalue weighted by atomic mass is 35.5. The first-order valence-electron chi connectivity index (χ1n) is 5.32. The van der Waals surface area contributed by atoms with E-state index in [-0.39, 0.29) is 6.04 Å². The molecule has 0 unspecified atom stereocenters. The fourth-order valence-electron chi connectivity index (χ4n) is 1.61. The number of nitrogens with zero attached hydrogens (tertiary/aromatic N) is 1. The molecule has 0 saturated carbocycles. The molecule has 2 N–H and O–H groups in total. The van der Waals surface area contributed by atoms with Crippen molar-refractivity contribution in [3.63, 3.8) is 0 Å². The Morgan fingerprint density at radius 2 is 2.24 bits per heavy atom. The molecule has 1 aromatic heterocycles. The van der Waals surface area contributed by atoms with E-state index in [0.717, 1.165) is 17.8 Å². The van der Waals surface area contributed by atoms with Gasteiger partial charge in [-0.1, -0.05) is 29.3 Å². The van der Waals surface area contributed by atoms with E-state index in [2.05, 4.69) is 22.2 Å². The fourth-order valence-corrected chi connectivity index (χ4v) is 2.18. The Labute approximate surface area is 110 Å². The van der Waals surface area contributed by atoms with Crippen molar-refractivity contribution >= 4 is 23.2 Å². The summed E-state index contributed by atoms with van der Waals surface area (Å²) in [5.74, 6) is 0. The second kappa shape index (κ2) is 5.54. The predicted molar refractivity (Wildman–Crippen MR) is 70.3 cm³/mol. The second-order valence-electron chi connectivity index (χ2n) is 3.85. The van der Waals surface area contributed by atoms with Crippen LogP contribution in [0.5, 0.6) is 0 Å². The maximum absolute atomic E-state index is 6.14. The molecule has 1 aromatic carbocycles. The molecule has 0 fully saturated rings. The van der Waals surface area contributed by atoms with Crippen LogP contribution in [0.4, 0.5) is 0 Å². The van der Waals surface area contributed by atoms with Gasteiger partial charge in [0.1, 0.15) is 0 Å².